The Morgan fingerprint density at radius 2 is 2.37 bits per heavy atom. The number of carbonyl (C=O) groups is 1. The summed E-state index contributed by atoms with van der Waals surface area (Å²) in [5.74, 6) is 1.76. The van der Waals surface area contributed by atoms with Crippen molar-refractivity contribution in [3.05, 3.63) is 23.9 Å². The highest BCUT2D eigenvalue weighted by atomic mass is 32.2. The fourth-order valence-corrected chi connectivity index (χ4v) is 3.36. The van der Waals surface area contributed by atoms with E-state index in [1.165, 1.54) is 0 Å². The minimum atomic E-state index is 0.0809. The summed E-state index contributed by atoms with van der Waals surface area (Å²) in [6.45, 7) is 8.74. The second-order valence-corrected chi connectivity index (χ2v) is 7.07. The Bertz CT molecular complexity index is 462. The molecule has 0 bridgehead atoms. The molecule has 0 atom stereocenters. The normalized spacial score (nSPS) is 18.2. The number of pyridine rings is 1. The van der Waals surface area contributed by atoms with Gasteiger partial charge >= 0.3 is 0 Å². The molecule has 19 heavy (non-hydrogen) atoms. The highest BCUT2D eigenvalue weighted by Gasteiger charge is 2.31. The van der Waals surface area contributed by atoms with Crippen LogP contribution in [0.25, 0.3) is 0 Å². The van der Waals surface area contributed by atoms with E-state index in [1.54, 1.807) is 6.20 Å². The van der Waals surface area contributed by atoms with Gasteiger partial charge in [-0.1, -0.05) is 0 Å². The lowest BCUT2D eigenvalue weighted by Crippen LogP contribution is -2.46. The van der Waals surface area contributed by atoms with E-state index in [2.05, 4.69) is 24.1 Å². The first kappa shape index (κ1) is 14.2. The molecular weight excluding hydrogens is 258 g/mol. The van der Waals surface area contributed by atoms with Gasteiger partial charge in [0, 0.05) is 36.3 Å². The summed E-state index contributed by atoms with van der Waals surface area (Å²) in [6.07, 6.45) is 1.71. The van der Waals surface area contributed by atoms with Gasteiger partial charge in [0.25, 0.3) is 5.91 Å². The van der Waals surface area contributed by atoms with Crippen molar-refractivity contribution in [3.63, 3.8) is 0 Å². The van der Waals surface area contributed by atoms with E-state index in [4.69, 9.17) is 0 Å². The van der Waals surface area contributed by atoms with Crippen LogP contribution >= 0.6 is 11.8 Å². The number of carbonyl (C=O) groups excluding carboxylic acids is 1. The molecule has 2 rings (SSSR count). The zero-order chi connectivity index (χ0) is 13.9. The Morgan fingerprint density at radius 1 is 1.58 bits per heavy atom. The molecule has 1 saturated heterocycles. The number of nitrogens with one attached hydrogen (secondary N) is 1. The highest BCUT2D eigenvalue weighted by molar-refractivity contribution is 8.00. The van der Waals surface area contributed by atoms with Crippen LogP contribution in [0.2, 0.25) is 0 Å². The van der Waals surface area contributed by atoms with Crippen molar-refractivity contribution >= 4 is 23.5 Å². The second kappa shape index (κ2) is 5.82. The van der Waals surface area contributed by atoms with Crippen LogP contribution < -0.4 is 5.32 Å². The average molecular weight is 279 g/mol. The molecule has 2 heterocycles. The molecule has 0 unspecified atom stereocenters. The van der Waals surface area contributed by atoms with Crippen molar-refractivity contribution < 1.29 is 4.79 Å². The molecule has 0 saturated carbocycles. The number of rotatable bonds is 3. The molecule has 0 aromatic carbocycles. The smallest absolute Gasteiger partial charge is 0.257 e. The molecule has 1 amide bonds. The zero-order valence-corrected chi connectivity index (χ0v) is 12.6. The number of thioether (sulfide) groups is 1. The van der Waals surface area contributed by atoms with Gasteiger partial charge < -0.3 is 10.2 Å². The Kier molecular flexibility index (Phi) is 4.34. The lowest BCUT2D eigenvalue weighted by atomic mass is 10.1. The van der Waals surface area contributed by atoms with E-state index in [1.807, 2.05) is 35.7 Å². The standard InChI is InChI=1S/C14H21N3OS/c1-4-15-12-11(6-5-7-16-12)13(18)17-8-9-19-14(2,3)10-17/h5-7H,4,8-10H2,1-3H3,(H,15,16). The minimum absolute atomic E-state index is 0.0809. The lowest BCUT2D eigenvalue weighted by molar-refractivity contribution is 0.0748. The van der Waals surface area contributed by atoms with Crippen molar-refractivity contribution in [2.45, 2.75) is 25.5 Å². The van der Waals surface area contributed by atoms with E-state index >= 15 is 0 Å². The van der Waals surface area contributed by atoms with E-state index in [0.717, 1.165) is 25.4 Å². The molecule has 0 spiro atoms. The predicted molar refractivity (Wildman–Crippen MR) is 80.8 cm³/mol. The SMILES string of the molecule is CCNc1ncccc1C(=O)N1CCSC(C)(C)C1. The van der Waals surface area contributed by atoms with Crippen LogP contribution in [-0.4, -0.2) is 45.9 Å². The highest BCUT2D eigenvalue weighted by Crippen LogP contribution is 2.30. The molecule has 0 radical (unpaired) electrons. The second-order valence-electron chi connectivity index (χ2n) is 5.26. The summed E-state index contributed by atoms with van der Waals surface area (Å²) in [5.41, 5.74) is 0.673. The van der Waals surface area contributed by atoms with E-state index < -0.39 is 0 Å². The van der Waals surface area contributed by atoms with Gasteiger partial charge in [-0.2, -0.15) is 11.8 Å². The first-order chi connectivity index (χ1) is 9.03. The molecule has 5 heteroatoms. The van der Waals surface area contributed by atoms with Crippen molar-refractivity contribution in [2.24, 2.45) is 0 Å². The lowest BCUT2D eigenvalue weighted by Gasteiger charge is -2.37. The first-order valence-corrected chi connectivity index (χ1v) is 7.64. The van der Waals surface area contributed by atoms with Gasteiger partial charge in [0.05, 0.1) is 5.56 Å². The maximum Gasteiger partial charge on any atom is 0.257 e. The van der Waals surface area contributed by atoms with Crippen LogP contribution in [0.4, 0.5) is 5.82 Å². The van der Waals surface area contributed by atoms with Gasteiger partial charge in [0.15, 0.2) is 0 Å². The quantitative estimate of drug-likeness (QED) is 0.923. The number of hydrogen-bond donors (Lipinski definition) is 1. The topological polar surface area (TPSA) is 45.2 Å². The number of aromatic nitrogens is 1. The Labute approximate surface area is 119 Å². The van der Waals surface area contributed by atoms with Gasteiger partial charge in [-0.3, -0.25) is 4.79 Å². The monoisotopic (exact) mass is 279 g/mol. The molecule has 1 fully saturated rings. The number of nitrogens with zero attached hydrogens (tertiary/aromatic N) is 2. The van der Waals surface area contributed by atoms with Crippen LogP contribution in [0.15, 0.2) is 18.3 Å². The van der Waals surface area contributed by atoms with Crippen molar-refractivity contribution in [2.75, 3.05) is 30.7 Å². The van der Waals surface area contributed by atoms with E-state index in [-0.39, 0.29) is 10.7 Å². The molecular formula is C14H21N3OS. The molecule has 1 aromatic heterocycles. The Morgan fingerprint density at radius 3 is 3.05 bits per heavy atom. The molecule has 1 aliphatic rings. The maximum absolute atomic E-state index is 12.6. The fourth-order valence-electron chi connectivity index (χ4n) is 2.25. The predicted octanol–water partition coefficient (Wildman–Crippen LogP) is 2.48. The van der Waals surface area contributed by atoms with E-state index in [9.17, 15) is 4.79 Å². The van der Waals surface area contributed by atoms with Crippen LogP contribution in [0.1, 0.15) is 31.1 Å². The fraction of sp³-hybridized carbons (Fsp3) is 0.571. The van der Waals surface area contributed by atoms with Crippen LogP contribution in [0.5, 0.6) is 0 Å². The van der Waals surface area contributed by atoms with Gasteiger partial charge in [-0.15, -0.1) is 0 Å². The summed E-state index contributed by atoms with van der Waals surface area (Å²) in [6, 6.07) is 3.67. The molecule has 1 aromatic rings. The van der Waals surface area contributed by atoms with Gasteiger partial charge in [0.1, 0.15) is 5.82 Å². The molecule has 1 N–H and O–H groups in total. The number of anilines is 1. The summed E-state index contributed by atoms with van der Waals surface area (Å²) in [4.78, 5) is 18.8. The van der Waals surface area contributed by atoms with Gasteiger partial charge in [-0.05, 0) is 32.9 Å². The Balaban J connectivity index is 2.19. The summed E-state index contributed by atoms with van der Waals surface area (Å²) >= 11 is 1.93. The molecule has 1 aliphatic heterocycles. The van der Waals surface area contributed by atoms with Crippen molar-refractivity contribution in [1.82, 2.24) is 9.88 Å². The largest absolute Gasteiger partial charge is 0.370 e. The number of hydrogen-bond acceptors (Lipinski definition) is 4. The summed E-state index contributed by atoms with van der Waals surface area (Å²) in [5, 5.41) is 3.15. The first-order valence-electron chi connectivity index (χ1n) is 6.65. The van der Waals surface area contributed by atoms with Crippen molar-refractivity contribution in [1.29, 1.82) is 0 Å². The van der Waals surface area contributed by atoms with Crippen LogP contribution in [0.3, 0.4) is 0 Å². The number of amides is 1. The molecule has 0 aliphatic carbocycles. The minimum Gasteiger partial charge on any atom is -0.370 e. The van der Waals surface area contributed by atoms with E-state index in [0.29, 0.717) is 11.4 Å². The Hall–Kier alpha value is -1.23. The van der Waals surface area contributed by atoms with Crippen LogP contribution in [-0.2, 0) is 0 Å². The van der Waals surface area contributed by atoms with Crippen molar-refractivity contribution in [3.8, 4) is 0 Å². The third-order valence-corrected chi connectivity index (χ3v) is 4.39. The molecule has 104 valence electrons. The maximum atomic E-state index is 12.6. The zero-order valence-electron chi connectivity index (χ0n) is 11.8. The molecule has 4 nitrogen and oxygen atoms in total. The van der Waals surface area contributed by atoms with Gasteiger partial charge in [-0.25, -0.2) is 4.98 Å². The summed E-state index contributed by atoms with van der Waals surface area (Å²) in [7, 11) is 0. The third kappa shape index (κ3) is 3.41. The summed E-state index contributed by atoms with van der Waals surface area (Å²) < 4.78 is 0.133. The average Bonchev–Trinajstić information content (AvgIpc) is 2.38. The van der Waals surface area contributed by atoms with Gasteiger partial charge in [0.2, 0.25) is 0 Å². The third-order valence-electron chi connectivity index (χ3n) is 3.10. The van der Waals surface area contributed by atoms with Crippen LogP contribution in [0, 0.1) is 0 Å².